The van der Waals surface area contributed by atoms with Crippen molar-refractivity contribution >= 4 is 0 Å². The summed E-state index contributed by atoms with van der Waals surface area (Å²) >= 11 is 0. The lowest BCUT2D eigenvalue weighted by Crippen LogP contribution is -2.28. The maximum Gasteiger partial charge on any atom is 0.573 e. The number of pyridine rings is 1. The molecule has 0 spiro atoms. The van der Waals surface area contributed by atoms with Gasteiger partial charge in [0.2, 0.25) is 6.20 Å². The molecule has 2 aromatic rings. The fourth-order valence-corrected chi connectivity index (χ4v) is 2.74. The minimum Gasteiger partial charge on any atom is -0.618 e. The molecule has 0 N–H and O–H groups in total. The molecule has 1 radical (unpaired) electrons. The molecule has 0 unspecified atom stereocenters. The molecule has 2 rings (SSSR count). The van der Waals surface area contributed by atoms with Crippen LogP contribution >= 0.6 is 0 Å². The van der Waals surface area contributed by atoms with Gasteiger partial charge in [-0.1, -0.05) is 13.8 Å². The Balaban J connectivity index is 2.56. The summed E-state index contributed by atoms with van der Waals surface area (Å²) < 4.78 is 53.1. The maximum atomic E-state index is 12.5. The van der Waals surface area contributed by atoms with E-state index >= 15 is 0 Å². The molecule has 1 aromatic heterocycles. The maximum absolute atomic E-state index is 12.5. The van der Waals surface area contributed by atoms with Crippen molar-refractivity contribution in [3.05, 3.63) is 41.4 Å². The molecule has 1 aromatic carbocycles. The molecule has 0 fully saturated rings. The summed E-state index contributed by atoms with van der Waals surface area (Å²) in [5.41, 5.74) is 1.49. The third-order valence-corrected chi connectivity index (χ3v) is 4.01. The van der Waals surface area contributed by atoms with Gasteiger partial charge in [0.1, 0.15) is 11.5 Å². The number of aryl methyl sites for hydroxylation is 1. The average Bonchev–Trinajstić information content (AvgIpc) is 2.58. The van der Waals surface area contributed by atoms with E-state index in [0.717, 1.165) is 18.9 Å². The van der Waals surface area contributed by atoms with E-state index in [2.05, 4.69) is 10.9 Å². The zero-order valence-corrected chi connectivity index (χ0v) is 15.5. The highest BCUT2D eigenvalue weighted by molar-refractivity contribution is 5.78. The van der Waals surface area contributed by atoms with E-state index in [0.29, 0.717) is 27.2 Å². The van der Waals surface area contributed by atoms with Crippen molar-refractivity contribution in [3.63, 3.8) is 0 Å². The Kier molecular flexibility index (Phi) is 6.41. The van der Waals surface area contributed by atoms with Crippen LogP contribution in [0.4, 0.5) is 13.2 Å². The average molecular weight is 384 g/mol. The lowest BCUT2D eigenvalue weighted by molar-refractivity contribution is -0.610. The Morgan fingerprint density at radius 1 is 1.19 bits per heavy atom. The van der Waals surface area contributed by atoms with Crippen LogP contribution in [0, 0.1) is 18.3 Å². The Hall–Kier alpha value is -2.64. The van der Waals surface area contributed by atoms with Crippen molar-refractivity contribution in [3.8, 4) is 28.4 Å². The van der Waals surface area contributed by atoms with Crippen LogP contribution in [0.2, 0.25) is 0 Å². The van der Waals surface area contributed by atoms with E-state index in [9.17, 15) is 18.4 Å². The van der Waals surface area contributed by atoms with Gasteiger partial charge in [0.05, 0.1) is 13.2 Å². The summed E-state index contributed by atoms with van der Waals surface area (Å²) in [6, 6.07) is 3.76. The Bertz CT molecular complexity index is 789. The molecule has 0 aliphatic carbocycles. The SMILES string of the molecule is CCC(CC)Oc1c[n+]([O-])[c]c(C)c1-c1ccc(OC(F)(F)F)cc1OC. The zero-order chi connectivity index (χ0) is 20.2. The smallest absolute Gasteiger partial charge is 0.573 e. The predicted octanol–water partition coefficient (Wildman–Crippen LogP) is 4.57. The van der Waals surface area contributed by atoms with Gasteiger partial charge in [-0.2, -0.15) is 4.73 Å². The second kappa shape index (κ2) is 8.37. The number of alkyl halides is 3. The molecule has 147 valence electrons. The monoisotopic (exact) mass is 384 g/mol. The van der Waals surface area contributed by atoms with Crippen LogP contribution in [0.3, 0.4) is 0 Å². The summed E-state index contributed by atoms with van der Waals surface area (Å²) in [6.07, 6.45) is 0.420. The van der Waals surface area contributed by atoms with Crippen molar-refractivity contribution in [2.45, 2.75) is 46.1 Å². The lowest BCUT2D eigenvalue weighted by atomic mass is 10.00. The normalized spacial score (nSPS) is 11.6. The van der Waals surface area contributed by atoms with Crippen molar-refractivity contribution in [1.82, 2.24) is 0 Å². The third kappa shape index (κ3) is 5.18. The van der Waals surface area contributed by atoms with Crippen molar-refractivity contribution in [2.75, 3.05) is 7.11 Å². The van der Waals surface area contributed by atoms with Gasteiger partial charge in [-0.15, -0.1) is 13.2 Å². The molecule has 8 heteroatoms. The highest BCUT2D eigenvalue weighted by atomic mass is 19.4. The first kappa shape index (κ1) is 20.7. The van der Waals surface area contributed by atoms with Gasteiger partial charge in [-0.25, -0.2) is 0 Å². The number of ether oxygens (including phenoxy) is 3. The van der Waals surface area contributed by atoms with Crippen LogP contribution in [0.15, 0.2) is 24.4 Å². The molecule has 0 bridgehead atoms. The van der Waals surface area contributed by atoms with Crippen LogP contribution in [-0.4, -0.2) is 19.6 Å². The van der Waals surface area contributed by atoms with Gasteiger partial charge in [-0.3, -0.25) is 0 Å². The fourth-order valence-electron chi connectivity index (χ4n) is 2.74. The minimum absolute atomic E-state index is 0.107. The van der Waals surface area contributed by atoms with Crippen LogP contribution < -0.4 is 18.9 Å². The molecule has 27 heavy (non-hydrogen) atoms. The molecule has 0 aliphatic rings. The number of methoxy groups -OCH3 is 1. The van der Waals surface area contributed by atoms with Gasteiger partial charge in [0.15, 0.2) is 5.75 Å². The Morgan fingerprint density at radius 2 is 1.85 bits per heavy atom. The topological polar surface area (TPSA) is 54.6 Å². The highest BCUT2D eigenvalue weighted by Gasteiger charge is 2.31. The third-order valence-electron chi connectivity index (χ3n) is 4.01. The molecule has 0 saturated heterocycles. The van der Waals surface area contributed by atoms with Gasteiger partial charge in [-0.05, 0) is 31.9 Å². The number of hydrogen-bond acceptors (Lipinski definition) is 4. The molecule has 0 aliphatic heterocycles. The van der Waals surface area contributed by atoms with E-state index in [1.165, 1.54) is 25.4 Å². The van der Waals surface area contributed by atoms with Gasteiger partial charge >= 0.3 is 6.36 Å². The second-order valence-electron chi connectivity index (χ2n) is 5.90. The minimum atomic E-state index is -4.80. The van der Waals surface area contributed by atoms with E-state index in [1.54, 1.807) is 6.92 Å². The molecule has 0 amide bonds. The summed E-state index contributed by atoms with van der Waals surface area (Å²) in [6.45, 7) is 5.60. The number of benzene rings is 1. The summed E-state index contributed by atoms with van der Waals surface area (Å²) in [4.78, 5) is 0. The van der Waals surface area contributed by atoms with Crippen LogP contribution in [0.1, 0.15) is 32.3 Å². The molecular weight excluding hydrogens is 363 g/mol. The van der Waals surface area contributed by atoms with Crippen molar-refractivity contribution < 1.29 is 32.1 Å². The molecule has 5 nitrogen and oxygen atoms in total. The van der Waals surface area contributed by atoms with Crippen LogP contribution in [-0.2, 0) is 0 Å². The first-order valence-corrected chi connectivity index (χ1v) is 8.45. The van der Waals surface area contributed by atoms with Gasteiger partial charge in [0, 0.05) is 22.8 Å². The Labute approximate surface area is 155 Å². The molecule has 1 heterocycles. The summed E-state index contributed by atoms with van der Waals surface area (Å²) in [7, 11) is 1.34. The largest absolute Gasteiger partial charge is 0.618 e. The molecule has 0 saturated carbocycles. The first-order valence-electron chi connectivity index (χ1n) is 8.45. The highest BCUT2D eigenvalue weighted by Crippen LogP contribution is 2.41. The van der Waals surface area contributed by atoms with Crippen LogP contribution in [0.25, 0.3) is 11.1 Å². The second-order valence-corrected chi connectivity index (χ2v) is 5.90. The molecular formula is C19H21F3NO4. The first-order chi connectivity index (χ1) is 12.7. The van der Waals surface area contributed by atoms with E-state index in [1.807, 2.05) is 13.8 Å². The van der Waals surface area contributed by atoms with Gasteiger partial charge in [0.25, 0.3) is 6.20 Å². The zero-order valence-electron chi connectivity index (χ0n) is 15.5. The van der Waals surface area contributed by atoms with E-state index in [4.69, 9.17) is 9.47 Å². The molecule has 0 atom stereocenters. The standard InChI is InChI=1S/C19H21F3NO4/c1-5-13(6-2)26-17-11-23(24)10-12(3)18(17)15-8-7-14(9-16(15)25-4)27-19(20,21)22/h7-9,11,13H,5-6H2,1-4H3. The van der Waals surface area contributed by atoms with Crippen LogP contribution in [0.5, 0.6) is 17.2 Å². The van der Waals surface area contributed by atoms with Crippen molar-refractivity contribution in [1.29, 1.82) is 0 Å². The number of aromatic nitrogens is 1. The van der Waals surface area contributed by atoms with E-state index < -0.39 is 12.1 Å². The van der Waals surface area contributed by atoms with Gasteiger partial charge < -0.3 is 19.4 Å². The summed E-state index contributed by atoms with van der Waals surface area (Å²) in [5, 5.41) is 11.8. The van der Waals surface area contributed by atoms with Crippen molar-refractivity contribution in [2.24, 2.45) is 0 Å². The Morgan fingerprint density at radius 3 is 2.41 bits per heavy atom. The quantitative estimate of drug-likeness (QED) is 0.518. The number of hydrogen-bond donors (Lipinski definition) is 0. The number of nitrogens with zero attached hydrogens (tertiary/aromatic N) is 1. The lowest BCUT2D eigenvalue weighted by Gasteiger charge is -2.20. The van der Waals surface area contributed by atoms with E-state index in [-0.39, 0.29) is 11.9 Å². The fraction of sp³-hybridized carbons (Fsp3) is 0.421. The number of rotatable bonds is 7. The number of halogens is 3. The summed E-state index contributed by atoms with van der Waals surface area (Å²) in [5.74, 6) is 0.0750. The predicted molar refractivity (Wildman–Crippen MR) is 92.6 cm³/mol.